The molecule has 0 unspecified atom stereocenters. The van der Waals surface area contributed by atoms with Gasteiger partial charge in [0.05, 0.1) is 18.2 Å². The maximum Gasteiger partial charge on any atom is 0.262 e. The molecule has 0 fully saturated rings. The number of carbonyl (C=O) groups is 1. The van der Waals surface area contributed by atoms with Crippen LogP contribution in [0, 0.1) is 11.3 Å². The number of nitrogens with zero attached hydrogens (tertiary/aromatic N) is 1. The Morgan fingerprint density at radius 2 is 2.04 bits per heavy atom. The van der Waals surface area contributed by atoms with E-state index >= 15 is 0 Å². The molecular formula is C18H18N2O3S. The first-order valence-electron chi connectivity index (χ1n) is 7.40. The van der Waals surface area contributed by atoms with E-state index in [4.69, 9.17) is 14.7 Å². The summed E-state index contributed by atoms with van der Waals surface area (Å²) in [4.78, 5) is 13.1. The highest BCUT2D eigenvalue weighted by atomic mass is 32.2. The lowest BCUT2D eigenvalue weighted by molar-refractivity contribution is -0.118. The van der Waals surface area contributed by atoms with Gasteiger partial charge in [-0.05, 0) is 43.5 Å². The molecule has 0 bridgehead atoms. The molecule has 1 N–H and O–H groups in total. The van der Waals surface area contributed by atoms with E-state index in [1.165, 1.54) is 0 Å². The van der Waals surface area contributed by atoms with Crippen LogP contribution in [0.1, 0.15) is 12.5 Å². The van der Waals surface area contributed by atoms with E-state index in [1.807, 2.05) is 43.5 Å². The zero-order chi connectivity index (χ0) is 17.4. The Morgan fingerprint density at radius 1 is 1.21 bits per heavy atom. The molecule has 0 saturated heterocycles. The van der Waals surface area contributed by atoms with Crippen molar-refractivity contribution in [2.75, 3.05) is 24.8 Å². The third-order valence-corrected chi connectivity index (χ3v) is 3.81. The van der Waals surface area contributed by atoms with E-state index in [2.05, 4.69) is 5.32 Å². The number of benzene rings is 2. The van der Waals surface area contributed by atoms with E-state index < -0.39 is 0 Å². The standard InChI is InChI=1S/C18H18N2O3S/c1-3-22-17-9-13(11-19)7-8-16(17)23-12-18(21)20-14-5-4-6-15(10-14)24-2/h4-10H,3,12H2,1-2H3,(H,20,21). The molecule has 0 spiro atoms. The van der Waals surface area contributed by atoms with Crippen LogP contribution in [0.3, 0.4) is 0 Å². The third kappa shape index (κ3) is 4.93. The van der Waals surface area contributed by atoms with Gasteiger partial charge in [0.1, 0.15) is 0 Å². The van der Waals surface area contributed by atoms with Crippen LogP contribution in [0.2, 0.25) is 0 Å². The monoisotopic (exact) mass is 342 g/mol. The summed E-state index contributed by atoms with van der Waals surface area (Å²) in [5.74, 6) is 0.623. The predicted octanol–water partition coefficient (Wildman–Crippen LogP) is 3.70. The van der Waals surface area contributed by atoms with Crippen molar-refractivity contribution in [3.8, 4) is 17.6 Å². The number of hydrogen-bond donors (Lipinski definition) is 1. The van der Waals surface area contributed by atoms with E-state index in [0.29, 0.717) is 23.7 Å². The van der Waals surface area contributed by atoms with Crippen molar-refractivity contribution in [2.24, 2.45) is 0 Å². The Labute approximate surface area is 145 Å². The summed E-state index contributed by atoms with van der Waals surface area (Å²) in [5, 5.41) is 11.7. The molecule has 5 nitrogen and oxygen atoms in total. The number of nitrogens with one attached hydrogen (secondary N) is 1. The fourth-order valence-electron chi connectivity index (χ4n) is 2.01. The lowest BCUT2D eigenvalue weighted by atomic mass is 10.2. The molecule has 2 aromatic carbocycles. The first-order chi connectivity index (χ1) is 11.7. The molecule has 0 aliphatic heterocycles. The summed E-state index contributed by atoms with van der Waals surface area (Å²) in [6, 6.07) is 14.5. The maximum absolute atomic E-state index is 12.0. The van der Waals surface area contributed by atoms with Crippen LogP contribution in [0.25, 0.3) is 0 Å². The zero-order valence-corrected chi connectivity index (χ0v) is 14.4. The minimum atomic E-state index is -0.264. The normalized spacial score (nSPS) is 9.88. The molecule has 24 heavy (non-hydrogen) atoms. The lowest BCUT2D eigenvalue weighted by Gasteiger charge is -2.12. The third-order valence-electron chi connectivity index (χ3n) is 3.08. The minimum Gasteiger partial charge on any atom is -0.490 e. The predicted molar refractivity (Wildman–Crippen MR) is 94.7 cm³/mol. The molecule has 0 aliphatic rings. The smallest absolute Gasteiger partial charge is 0.262 e. The van der Waals surface area contributed by atoms with Gasteiger partial charge in [0.15, 0.2) is 18.1 Å². The van der Waals surface area contributed by atoms with Gasteiger partial charge in [-0.15, -0.1) is 11.8 Å². The highest BCUT2D eigenvalue weighted by Gasteiger charge is 2.09. The first-order valence-corrected chi connectivity index (χ1v) is 8.62. The molecule has 0 heterocycles. The summed E-state index contributed by atoms with van der Waals surface area (Å²) in [5.41, 5.74) is 1.20. The zero-order valence-electron chi connectivity index (χ0n) is 13.5. The summed E-state index contributed by atoms with van der Waals surface area (Å²) >= 11 is 1.61. The molecule has 2 aromatic rings. The Bertz CT molecular complexity index is 756. The average Bonchev–Trinajstić information content (AvgIpc) is 2.61. The van der Waals surface area contributed by atoms with Crippen LogP contribution < -0.4 is 14.8 Å². The molecule has 0 aromatic heterocycles. The van der Waals surface area contributed by atoms with Crippen LogP contribution in [0.4, 0.5) is 5.69 Å². The van der Waals surface area contributed by atoms with E-state index in [-0.39, 0.29) is 12.5 Å². The Balaban J connectivity index is 1.99. The lowest BCUT2D eigenvalue weighted by Crippen LogP contribution is -2.20. The molecule has 2 rings (SSSR count). The second kappa shape index (κ2) is 8.85. The van der Waals surface area contributed by atoms with Crippen LogP contribution in [0.15, 0.2) is 47.4 Å². The van der Waals surface area contributed by atoms with E-state index in [0.717, 1.165) is 10.6 Å². The number of nitriles is 1. The largest absolute Gasteiger partial charge is 0.490 e. The minimum absolute atomic E-state index is 0.143. The van der Waals surface area contributed by atoms with Crippen LogP contribution in [-0.4, -0.2) is 25.4 Å². The maximum atomic E-state index is 12.0. The second-order valence-electron chi connectivity index (χ2n) is 4.78. The number of rotatable bonds is 7. The van der Waals surface area contributed by atoms with Gasteiger partial charge in [-0.3, -0.25) is 4.79 Å². The molecule has 0 atom stereocenters. The molecule has 0 radical (unpaired) electrons. The topological polar surface area (TPSA) is 71.3 Å². The molecule has 0 saturated carbocycles. The van der Waals surface area contributed by atoms with Gasteiger partial charge < -0.3 is 14.8 Å². The van der Waals surface area contributed by atoms with E-state index in [9.17, 15) is 4.79 Å². The number of carbonyl (C=O) groups excluding carboxylic acids is 1. The fraction of sp³-hybridized carbons (Fsp3) is 0.222. The van der Waals surface area contributed by atoms with Crippen LogP contribution >= 0.6 is 11.8 Å². The van der Waals surface area contributed by atoms with Gasteiger partial charge in [-0.1, -0.05) is 6.07 Å². The molecule has 0 aliphatic carbocycles. The van der Waals surface area contributed by atoms with Crippen molar-refractivity contribution in [1.29, 1.82) is 5.26 Å². The van der Waals surface area contributed by atoms with E-state index in [1.54, 1.807) is 30.0 Å². The SMILES string of the molecule is CCOc1cc(C#N)ccc1OCC(=O)Nc1cccc(SC)c1. The van der Waals surface area contributed by atoms with Crippen molar-refractivity contribution in [1.82, 2.24) is 0 Å². The van der Waals surface area contributed by atoms with Gasteiger partial charge >= 0.3 is 0 Å². The Hall–Kier alpha value is -2.65. The van der Waals surface area contributed by atoms with Crippen LogP contribution in [0.5, 0.6) is 11.5 Å². The molecule has 6 heteroatoms. The highest BCUT2D eigenvalue weighted by Crippen LogP contribution is 2.28. The summed E-state index contributed by atoms with van der Waals surface area (Å²) in [6.07, 6.45) is 1.98. The molecule has 124 valence electrons. The number of anilines is 1. The van der Waals surface area contributed by atoms with Gasteiger partial charge in [-0.25, -0.2) is 0 Å². The summed E-state index contributed by atoms with van der Waals surface area (Å²) in [7, 11) is 0. The van der Waals surface area contributed by atoms with Crippen molar-refractivity contribution >= 4 is 23.4 Å². The number of amides is 1. The molecular weight excluding hydrogens is 324 g/mol. The summed E-state index contributed by atoms with van der Waals surface area (Å²) in [6.45, 7) is 2.14. The summed E-state index contributed by atoms with van der Waals surface area (Å²) < 4.78 is 11.0. The van der Waals surface area contributed by atoms with Crippen LogP contribution in [-0.2, 0) is 4.79 Å². The van der Waals surface area contributed by atoms with Gasteiger partial charge in [0.25, 0.3) is 5.91 Å². The van der Waals surface area contributed by atoms with Crippen molar-refractivity contribution in [2.45, 2.75) is 11.8 Å². The van der Waals surface area contributed by atoms with Gasteiger partial charge in [0.2, 0.25) is 0 Å². The Kier molecular flexibility index (Phi) is 6.52. The second-order valence-corrected chi connectivity index (χ2v) is 5.65. The molecule has 1 amide bonds. The highest BCUT2D eigenvalue weighted by molar-refractivity contribution is 7.98. The number of ether oxygens (including phenoxy) is 2. The first kappa shape index (κ1) is 17.7. The van der Waals surface area contributed by atoms with Gasteiger partial charge in [0, 0.05) is 16.6 Å². The van der Waals surface area contributed by atoms with Gasteiger partial charge in [-0.2, -0.15) is 5.26 Å². The van der Waals surface area contributed by atoms with Crippen molar-refractivity contribution in [3.05, 3.63) is 48.0 Å². The van der Waals surface area contributed by atoms with Crippen molar-refractivity contribution in [3.63, 3.8) is 0 Å². The Morgan fingerprint density at radius 3 is 2.75 bits per heavy atom. The number of thioether (sulfide) groups is 1. The number of hydrogen-bond acceptors (Lipinski definition) is 5. The fourth-order valence-corrected chi connectivity index (χ4v) is 2.47. The quantitative estimate of drug-likeness (QED) is 0.777. The van der Waals surface area contributed by atoms with Crippen molar-refractivity contribution < 1.29 is 14.3 Å². The average molecular weight is 342 g/mol.